The maximum atomic E-state index is 12.6. The molecule has 6 heteroatoms. The highest BCUT2D eigenvalue weighted by atomic mass is 16.2. The van der Waals surface area contributed by atoms with Crippen LogP contribution in [0, 0.1) is 0 Å². The maximum absolute atomic E-state index is 12.6. The highest BCUT2D eigenvalue weighted by Crippen LogP contribution is 2.12. The fourth-order valence-corrected chi connectivity index (χ4v) is 4.04. The first-order valence-electron chi connectivity index (χ1n) is 15.0. The van der Waals surface area contributed by atoms with Gasteiger partial charge in [0.25, 0.3) is 0 Å². The highest BCUT2D eigenvalue weighted by molar-refractivity contribution is 5.88. The second-order valence-electron chi connectivity index (χ2n) is 10.0. The van der Waals surface area contributed by atoms with Gasteiger partial charge in [0.1, 0.15) is 6.04 Å². The van der Waals surface area contributed by atoms with Crippen LogP contribution in [-0.4, -0.2) is 36.9 Å². The number of unbranched alkanes of at least 4 members (excludes halogenated alkanes) is 13. The minimum Gasteiger partial charge on any atom is -0.356 e. The topological polar surface area (TPSA) is 87.3 Å². The van der Waals surface area contributed by atoms with Gasteiger partial charge in [-0.1, -0.05) is 110 Å². The molecule has 1 atom stereocenters. The number of hydrogen-bond donors (Lipinski definition) is 3. The zero-order chi connectivity index (χ0) is 26.7. The molecule has 0 unspecified atom stereocenters. The van der Waals surface area contributed by atoms with E-state index in [1.807, 2.05) is 6.08 Å². The SMILES string of the molecule is CCCCCCCCCCCCC/C=C/CC(=O)N[C@@H](CCC(=O)NCCCC)C(=O)NCCCC. The summed E-state index contributed by atoms with van der Waals surface area (Å²) in [6.45, 7) is 7.64. The lowest BCUT2D eigenvalue weighted by atomic mass is 10.1. The van der Waals surface area contributed by atoms with Gasteiger partial charge in [-0.25, -0.2) is 0 Å². The van der Waals surface area contributed by atoms with Crippen LogP contribution in [0.25, 0.3) is 0 Å². The number of nitrogens with one attached hydrogen (secondary N) is 3. The summed E-state index contributed by atoms with van der Waals surface area (Å²) in [4.78, 5) is 37.0. The molecule has 0 aromatic carbocycles. The number of hydrogen-bond acceptors (Lipinski definition) is 3. The molecule has 0 aliphatic carbocycles. The molecule has 0 fully saturated rings. The van der Waals surface area contributed by atoms with E-state index in [1.165, 1.54) is 64.2 Å². The van der Waals surface area contributed by atoms with Crippen LogP contribution < -0.4 is 16.0 Å². The fourth-order valence-electron chi connectivity index (χ4n) is 4.04. The summed E-state index contributed by atoms with van der Waals surface area (Å²) in [5.41, 5.74) is 0. The monoisotopic (exact) mass is 507 g/mol. The second kappa shape index (κ2) is 26.2. The number of rotatable bonds is 25. The van der Waals surface area contributed by atoms with Gasteiger partial charge in [-0.15, -0.1) is 0 Å². The third-order valence-electron chi connectivity index (χ3n) is 6.44. The Morgan fingerprint density at radius 2 is 1.14 bits per heavy atom. The van der Waals surface area contributed by atoms with Crippen LogP contribution in [0.3, 0.4) is 0 Å². The van der Waals surface area contributed by atoms with E-state index in [0.29, 0.717) is 19.5 Å². The first kappa shape index (κ1) is 34.1. The lowest BCUT2D eigenvalue weighted by molar-refractivity contribution is -0.129. The molecule has 0 aliphatic rings. The molecule has 0 bridgehead atoms. The Labute approximate surface area is 222 Å². The maximum Gasteiger partial charge on any atom is 0.242 e. The summed E-state index contributed by atoms with van der Waals surface area (Å²) in [6.07, 6.45) is 24.2. The zero-order valence-corrected chi connectivity index (χ0v) is 23.8. The molecule has 3 N–H and O–H groups in total. The van der Waals surface area contributed by atoms with Crippen molar-refractivity contribution in [2.75, 3.05) is 13.1 Å². The standard InChI is InChI=1S/C30H57N3O3/c1-4-7-10-11-12-13-14-15-16-17-18-19-20-21-22-29(35)33-27(30(36)32-26-9-6-3)23-24-28(34)31-25-8-5-2/h20-21,27H,4-19,22-26H2,1-3H3,(H,31,34)(H,32,36)(H,33,35)/b21-20+/t27-/m0/s1. The lowest BCUT2D eigenvalue weighted by Gasteiger charge is -2.18. The van der Waals surface area contributed by atoms with Crippen molar-refractivity contribution >= 4 is 17.7 Å². The molecule has 6 nitrogen and oxygen atoms in total. The Kier molecular flexibility index (Phi) is 24.9. The van der Waals surface area contributed by atoms with Crippen molar-refractivity contribution in [2.45, 2.75) is 149 Å². The van der Waals surface area contributed by atoms with Crippen molar-refractivity contribution in [1.29, 1.82) is 0 Å². The van der Waals surface area contributed by atoms with Crippen LogP contribution in [0.15, 0.2) is 12.2 Å². The minimum atomic E-state index is -0.675. The summed E-state index contributed by atoms with van der Waals surface area (Å²) in [6, 6.07) is -0.675. The van der Waals surface area contributed by atoms with Crippen LogP contribution in [-0.2, 0) is 14.4 Å². The first-order valence-corrected chi connectivity index (χ1v) is 15.0. The average Bonchev–Trinajstić information content (AvgIpc) is 2.87. The van der Waals surface area contributed by atoms with E-state index < -0.39 is 6.04 Å². The molecular formula is C30H57N3O3. The van der Waals surface area contributed by atoms with Crippen molar-refractivity contribution in [3.05, 3.63) is 12.2 Å². The van der Waals surface area contributed by atoms with Crippen molar-refractivity contribution in [1.82, 2.24) is 16.0 Å². The van der Waals surface area contributed by atoms with Gasteiger partial charge in [0.15, 0.2) is 0 Å². The first-order chi connectivity index (χ1) is 17.5. The van der Waals surface area contributed by atoms with Gasteiger partial charge < -0.3 is 16.0 Å². The van der Waals surface area contributed by atoms with Gasteiger partial charge in [0, 0.05) is 25.9 Å². The molecule has 0 radical (unpaired) electrons. The molecule has 0 saturated carbocycles. The van der Waals surface area contributed by atoms with Crippen LogP contribution >= 0.6 is 0 Å². The van der Waals surface area contributed by atoms with E-state index in [2.05, 4.69) is 42.8 Å². The molecule has 0 heterocycles. The number of allylic oxidation sites excluding steroid dienone is 1. The number of amides is 3. The molecule has 0 rings (SSSR count). The van der Waals surface area contributed by atoms with E-state index in [-0.39, 0.29) is 30.6 Å². The minimum absolute atomic E-state index is 0.0732. The van der Waals surface area contributed by atoms with Crippen LogP contribution in [0.4, 0.5) is 0 Å². The summed E-state index contributed by atoms with van der Waals surface area (Å²) in [7, 11) is 0. The van der Waals surface area contributed by atoms with Crippen molar-refractivity contribution in [3.8, 4) is 0 Å². The third kappa shape index (κ3) is 22.6. The summed E-state index contributed by atoms with van der Waals surface area (Å²) in [5.74, 6) is -0.453. The molecule has 0 aliphatic heterocycles. The third-order valence-corrected chi connectivity index (χ3v) is 6.44. The Hall–Kier alpha value is -1.85. The second-order valence-corrected chi connectivity index (χ2v) is 10.0. The summed E-state index contributed by atoms with van der Waals surface area (Å²) < 4.78 is 0. The van der Waals surface area contributed by atoms with E-state index in [9.17, 15) is 14.4 Å². The Morgan fingerprint density at radius 3 is 1.72 bits per heavy atom. The predicted octanol–water partition coefficient (Wildman–Crippen LogP) is 6.73. The van der Waals surface area contributed by atoms with Crippen LogP contribution in [0.5, 0.6) is 0 Å². The smallest absolute Gasteiger partial charge is 0.242 e. The van der Waals surface area contributed by atoms with Crippen molar-refractivity contribution in [3.63, 3.8) is 0 Å². The van der Waals surface area contributed by atoms with Gasteiger partial charge in [0.2, 0.25) is 17.7 Å². The Bertz CT molecular complexity index is 578. The molecule has 210 valence electrons. The highest BCUT2D eigenvalue weighted by Gasteiger charge is 2.21. The van der Waals surface area contributed by atoms with Gasteiger partial charge in [-0.3, -0.25) is 14.4 Å². The quantitative estimate of drug-likeness (QED) is 0.0945. The Morgan fingerprint density at radius 1 is 0.611 bits per heavy atom. The van der Waals surface area contributed by atoms with Crippen molar-refractivity contribution in [2.24, 2.45) is 0 Å². The van der Waals surface area contributed by atoms with E-state index in [4.69, 9.17) is 0 Å². The molecule has 0 aromatic rings. The average molecular weight is 508 g/mol. The van der Waals surface area contributed by atoms with E-state index >= 15 is 0 Å². The lowest BCUT2D eigenvalue weighted by Crippen LogP contribution is -2.47. The van der Waals surface area contributed by atoms with Crippen LogP contribution in [0.2, 0.25) is 0 Å². The van der Waals surface area contributed by atoms with Crippen LogP contribution in [0.1, 0.15) is 143 Å². The molecule has 0 saturated heterocycles. The summed E-state index contributed by atoms with van der Waals surface area (Å²) >= 11 is 0. The van der Waals surface area contributed by atoms with E-state index in [1.54, 1.807) is 0 Å². The Balaban J connectivity index is 4.12. The van der Waals surface area contributed by atoms with Crippen molar-refractivity contribution < 1.29 is 14.4 Å². The zero-order valence-electron chi connectivity index (χ0n) is 23.8. The largest absolute Gasteiger partial charge is 0.356 e. The molecular weight excluding hydrogens is 450 g/mol. The molecule has 0 spiro atoms. The fraction of sp³-hybridized carbons (Fsp3) is 0.833. The van der Waals surface area contributed by atoms with Gasteiger partial charge >= 0.3 is 0 Å². The summed E-state index contributed by atoms with van der Waals surface area (Å²) in [5, 5.41) is 8.58. The molecule has 0 aromatic heterocycles. The number of carbonyl (C=O) groups excluding carboxylic acids is 3. The van der Waals surface area contributed by atoms with Gasteiger partial charge in [0.05, 0.1) is 0 Å². The normalized spacial score (nSPS) is 12.0. The van der Waals surface area contributed by atoms with E-state index in [0.717, 1.165) is 38.5 Å². The van der Waals surface area contributed by atoms with Gasteiger partial charge in [-0.2, -0.15) is 0 Å². The predicted molar refractivity (Wildman–Crippen MR) is 152 cm³/mol. The molecule has 36 heavy (non-hydrogen) atoms. The number of carbonyl (C=O) groups is 3. The van der Waals surface area contributed by atoms with Gasteiger partial charge in [-0.05, 0) is 32.1 Å². The molecule has 3 amide bonds.